The normalized spacial score (nSPS) is 26.1. The molecule has 2 aliphatic rings. The van der Waals surface area contributed by atoms with Crippen LogP contribution in [-0.4, -0.2) is 35.5 Å². The predicted octanol–water partition coefficient (Wildman–Crippen LogP) is 1.77. The van der Waals surface area contributed by atoms with Crippen LogP contribution >= 0.6 is 15.9 Å². The van der Waals surface area contributed by atoms with Crippen LogP contribution in [0.25, 0.3) is 0 Å². The van der Waals surface area contributed by atoms with Crippen molar-refractivity contribution in [1.82, 2.24) is 15.1 Å². The number of hydrogen-bond donors (Lipinski definition) is 1. The van der Waals surface area contributed by atoms with Gasteiger partial charge in [0.25, 0.3) is 5.56 Å². The summed E-state index contributed by atoms with van der Waals surface area (Å²) < 4.78 is 2.16. The summed E-state index contributed by atoms with van der Waals surface area (Å²) >= 11 is 3.47. The van der Waals surface area contributed by atoms with Gasteiger partial charge in [-0.15, -0.1) is 0 Å². The number of piperidine rings is 1. The number of nitrogens with one attached hydrogen (secondary N) is 1. The van der Waals surface area contributed by atoms with Gasteiger partial charge in [0.1, 0.15) is 4.47 Å². The Balaban J connectivity index is 1.88. The Morgan fingerprint density at radius 1 is 1.45 bits per heavy atom. The zero-order valence-corrected chi connectivity index (χ0v) is 13.6. The van der Waals surface area contributed by atoms with Crippen LogP contribution in [-0.2, 0) is 0 Å². The summed E-state index contributed by atoms with van der Waals surface area (Å²) in [5.41, 5.74) is 0.892. The molecule has 0 saturated carbocycles. The number of anilines is 1. The lowest BCUT2D eigenvalue weighted by Crippen LogP contribution is -2.40. The Hall–Kier alpha value is -0.880. The molecule has 2 aliphatic heterocycles. The van der Waals surface area contributed by atoms with Crippen molar-refractivity contribution in [3.63, 3.8) is 0 Å². The van der Waals surface area contributed by atoms with E-state index < -0.39 is 0 Å². The second kappa shape index (κ2) is 5.48. The van der Waals surface area contributed by atoms with E-state index in [2.05, 4.69) is 31.2 Å². The lowest BCUT2D eigenvalue weighted by atomic mass is 9.94. The smallest absolute Gasteiger partial charge is 0.283 e. The van der Waals surface area contributed by atoms with Crippen LogP contribution in [0.2, 0.25) is 0 Å². The fourth-order valence-corrected chi connectivity index (χ4v) is 3.80. The van der Waals surface area contributed by atoms with E-state index in [0.717, 1.165) is 25.3 Å². The van der Waals surface area contributed by atoms with Crippen LogP contribution in [0.3, 0.4) is 0 Å². The molecule has 0 bridgehead atoms. The average Bonchev–Trinajstić information content (AvgIpc) is 2.84. The maximum absolute atomic E-state index is 12.3. The maximum atomic E-state index is 12.3. The van der Waals surface area contributed by atoms with Gasteiger partial charge in [0.05, 0.1) is 17.9 Å². The van der Waals surface area contributed by atoms with Gasteiger partial charge in [-0.05, 0) is 55.1 Å². The first-order valence-electron chi connectivity index (χ1n) is 7.33. The van der Waals surface area contributed by atoms with Gasteiger partial charge in [0.2, 0.25) is 0 Å². The highest BCUT2D eigenvalue weighted by atomic mass is 79.9. The Morgan fingerprint density at radius 3 is 2.95 bits per heavy atom. The monoisotopic (exact) mass is 340 g/mol. The van der Waals surface area contributed by atoms with Gasteiger partial charge in [0, 0.05) is 19.1 Å². The summed E-state index contributed by atoms with van der Waals surface area (Å²) in [7, 11) is 0. The molecule has 0 radical (unpaired) electrons. The SMILES string of the molecule is CC(C)n1ncc(N2CC3CCCNC3C2)c(Br)c1=O. The Kier molecular flexibility index (Phi) is 3.86. The Morgan fingerprint density at radius 2 is 2.25 bits per heavy atom. The number of rotatable bonds is 2. The van der Waals surface area contributed by atoms with Gasteiger partial charge in [-0.25, -0.2) is 4.68 Å². The van der Waals surface area contributed by atoms with Crippen molar-refractivity contribution in [3.8, 4) is 0 Å². The van der Waals surface area contributed by atoms with Gasteiger partial charge in [-0.3, -0.25) is 4.79 Å². The first kappa shape index (κ1) is 14.1. The lowest BCUT2D eigenvalue weighted by molar-refractivity contribution is 0.340. The predicted molar refractivity (Wildman–Crippen MR) is 83.3 cm³/mol. The number of nitrogens with zero attached hydrogens (tertiary/aromatic N) is 3. The van der Waals surface area contributed by atoms with E-state index in [1.807, 2.05) is 20.0 Å². The molecule has 2 fully saturated rings. The van der Waals surface area contributed by atoms with Gasteiger partial charge in [0.15, 0.2) is 0 Å². The standard InChI is InChI=1S/C14H21BrN4O/c1-9(2)19-14(20)13(15)12(6-17-19)18-7-10-4-3-5-16-11(10)8-18/h6,9-11,16H,3-5,7-8H2,1-2H3. The third-order valence-electron chi connectivity index (χ3n) is 4.35. The molecule has 0 spiro atoms. The fourth-order valence-electron chi connectivity index (χ4n) is 3.27. The van der Waals surface area contributed by atoms with Gasteiger partial charge in [-0.2, -0.15) is 5.10 Å². The second-order valence-corrected chi connectivity index (χ2v) is 6.85. The first-order valence-corrected chi connectivity index (χ1v) is 8.13. The van der Waals surface area contributed by atoms with E-state index in [9.17, 15) is 4.79 Å². The number of halogens is 1. The van der Waals surface area contributed by atoms with E-state index in [1.165, 1.54) is 17.5 Å². The van der Waals surface area contributed by atoms with E-state index in [4.69, 9.17) is 0 Å². The summed E-state index contributed by atoms with van der Waals surface area (Å²) in [6.45, 7) is 7.03. The molecule has 0 aromatic carbocycles. The molecule has 110 valence electrons. The van der Waals surface area contributed by atoms with Crippen molar-refractivity contribution in [2.75, 3.05) is 24.5 Å². The molecule has 3 rings (SSSR count). The highest BCUT2D eigenvalue weighted by Crippen LogP contribution is 2.31. The van der Waals surface area contributed by atoms with Crippen LogP contribution in [0, 0.1) is 5.92 Å². The molecule has 2 atom stereocenters. The van der Waals surface area contributed by atoms with Crippen molar-refractivity contribution < 1.29 is 0 Å². The number of aromatic nitrogens is 2. The minimum absolute atomic E-state index is 0.0414. The summed E-state index contributed by atoms with van der Waals surface area (Å²) in [6.07, 6.45) is 4.36. The Labute approximate surface area is 127 Å². The first-order chi connectivity index (χ1) is 9.58. The average molecular weight is 341 g/mol. The minimum atomic E-state index is -0.0414. The van der Waals surface area contributed by atoms with E-state index in [0.29, 0.717) is 16.4 Å². The molecule has 6 heteroatoms. The molecular weight excluding hydrogens is 320 g/mol. The van der Waals surface area contributed by atoms with Crippen molar-refractivity contribution in [2.24, 2.45) is 5.92 Å². The molecule has 2 unspecified atom stereocenters. The zero-order chi connectivity index (χ0) is 14.3. The van der Waals surface area contributed by atoms with Crippen molar-refractivity contribution >= 4 is 21.6 Å². The highest BCUT2D eigenvalue weighted by molar-refractivity contribution is 9.10. The summed E-state index contributed by atoms with van der Waals surface area (Å²) in [5, 5.41) is 7.90. The molecule has 5 nitrogen and oxygen atoms in total. The molecule has 0 amide bonds. The van der Waals surface area contributed by atoms with E-state index in [-0.39, 0.29) is 11.6 Å². The molecule has 0 aliphatic carbocycles. The van der Waals surface area contributed by atoms with Crippen LogP contribution in [0.5, 0.6) is 0 Å². The van der Waals surface area contributed by atoms with Gasteiger partial charge in [-0.1, -0.05) is 0 Å². The molecule has 1 N–H and O–H groups in total. The topological polar surface area (TPSA) is 50.2 Å². The molecule has 1 aromatic heterocycles. The molecule has 20 heavy (non-hydrogen) atoms. The third kappa shape index (κ3) is 2.39. The molecule has 1 aromatic rings. The summed E-state index contributed by atoms with van der Waals surface area (Å²) in [4.78, 5) is 14.6. The number of hydrogen-bond acceptors (Lipinski definition) is 4. The van der Waals surface area contributed by atoms with Crippen molar-refractivity contribution in [2.45, 2.75) is 38.8 Å². The second-order valence-electron chi connectivity index (χ2n) is 6.06. The van der Waals surface area contributed by atoms with Crippen LogP contribution in [0.15, 0.2) is 15.5 Å². The van der Waals surface area contributed by atoms with Gasteiger partial charge < -0.3 is 10.2 Å². The maximum Gasteiger partial charge on any atom is 0.283 e. The van der Waals surface area contributed by atoms with Crippen LogP contribution in [0.4, 0.5) is 5.69 Å². The van der Waals surface area contributed by atoms with E-state index in [1.54, 1.807) is 0 Å². The van der Waals surface area contributed by atoms with Crippen LogP contribution < -0.4 is 15.8 Å². The van der Waals surface area contributed by atoms with Crippen molar-refractivity contribution in [3.05, 3.63) is 21.0 Å². The van der Waals surface area contributed by atoms with E-state index >= 15 is 0 Å². The number of fused-ring (bicyclic) bond motifs is 1. The molecule has 2 saturated heterocycles. The van der Waals surface area contributed by atoms with Crippen molar-refractivity contribution in [1.29, 1.82) is 0 Å². The third-order valence-corrected chi connectivity index (χ3v) is 5.10. The highest BCUT2D eigenvalue weighted by Gasteiger charge is 2.35. The Bertz CT molecular complexity index is 543. The minimum Gasteiger partial charge on any atom is -0.367 e. The zero-order valence-electron chi connectivity index (χ0n) is 12.0. The largest absolute Gasteiger partial charge is 0.367 e. The van der Waals surface area contributed by atoms with Gasteiger partial charge >= 0.3 is 0 Å². The summed E-state index contributed by atoms with van der Waals surface area (Å²) in [6, 6.07) is 0.638. The lowest BCUT2D eigenvalue weighted by Gasteiger charge is -2.24. The molecular formula is C14H21BrN4O. The fraction of sp³-hybridized carbons (Fsp3) is 0.714. The quantitative estimate of drug-likeness (QED) is 0.891. The van der Waals surface area contributed by atoms with Crippen LogP contribution in [0.1, 0.15) is 32.7 Å². The molecule has 3 heterocycles. The summed E-state index contributed by atoms with van der Waals surface area (Å²) in [5.74, 6) is 0.697.